The van der Waals surface area contributed by atoms with E-state index in [2.05, 4.69) is 40.1 Å². The molecule has 16 heavy (non-hydrogen) atoms. The third kappa shape index (κ3) is 3.93. The molecule has 1 aromatic heterocycles. The van der Waals surface area contributed by atoms with Gasteiger partial charge in [0.1, 0.15) is 10.3 Å². The zero-order valence-corrected chi connectivity index (χ0v) is 11.3. The quantitative estimate of drug-likeness (QED) is 0.845. The summed E-state index contributed by atoms with van der Waals surface area (Å²) in [5.74, 6) is 0.448. The molecule has 0 aliphatic rings. The largest absolute Gasteiger partial charge is 0.350 e. The summed E-state index contributed by atoms with van der Waals surface area (Å²) in [6, 6.07) is 5.33. The first-order valence-corrected chi connectivity index (χ1v) is 6.37. The number of carbonyl (C=O) groups is 1. The average Bonchev–Trinajstić information content (AvgIpc) is 2.30. The molecule has 88 valence electrons. The number of nitrogens with zero attached hydrogens (tertiary/aromatic N) is 1. The van der Waals surface area contributed by atoms with Gasteiger partial charge in [0.15, 0.2) is 0 Å². The van der Waals surface area contributed by atoms with Crippen molar-refractivity contribution >= 4 is 21.8 Å². The van der Waals surface area contributed by atoms with Crippen LogP contribution in [0.3, 0.4) is 0 Å². The first-order valence-electron chi connectivity index (χ1n) is 5.58. The molecule has 1 amide bonds. The predicted octanol–water partition coefficient (Wildman–Crippen LogP) is 3.01. The highest BCUT2D eigenvalue weighted by molar-refractivity contribution is 9.10. The van der Waals surface area contributed by atoms with Crippen molar-refractivity contribution in [2.45, 2.75) is 26.7 Å². The lowest BCUT2D eigenvalue weighted by Crippen LogP contribution is -2.29. The molecule has 4 heteroatoms. The van der Waals surface area contributed by atoms with Crippen molar-refractivity contribution in [1.82, 2.24) is 10.3 Å². The molecule has 0 aliphatic carbocycles. The Balaban J connectivity index is 2.52. The third-order valence-corrected chi connectivity index (χ3v) is 3.10. The number of carbonyl (C=O) groups excluding carboxylic acids is 1. The Labute approximate surface area is 105 Å². The number of aromatic nitrogens is 1. The Hall–Kier alpha value is -0.900. The fraction of sp³-hybridized carbons (Fsp3) is 0.500. The van der Waals surface area contributed by atoms with Crippen molar-refractivity contribution in [3.05, 3.63) is 28.5 Å². The van der Waals surface area contributed by atoms with Crippen molar-refractivity contribution in [2.75, 3.05) is 6.54 Å². The van der Waals surface area contributed by atoms with Gasteiger partial charge in [-0.2, -0.15) is 0 Å². The van der Waals surface area contributed by atoms with Crippen LogP contribution in [0.5, 0.6) is 0 Å². The minimum Gasteiger partial charge on any atom is -0.350 e. The van der Waals surface area contributed by atoms with Crippen LogP contribution >= 0.6 is 15.9 Å². The lowest BCUT2D eigenvalue weighted by Gasteiger charge is -2.12. The third-order valence-electron chi connectivity index (χ3n) is 2.65. The van der Waals surface area contributed by atoms with Crippen LogP contribution in [0.15, 0.2) is 22.8 Å². The molecule has 0 aromatic carbocycles. The number of halogens is 1. The van der Waals surface area contributed by atoms with Gasteiger partial charge in [-0.1, -0.05) is 32.8 Å². The van der Waals surface area contributed by atoms with E-state index < -0.39 is 0 Å². The first kappa shape index (κ1) is 13.2. The number of pyridine rings is 1. The van der Waals surface area contributed by atoms with Crippen LogP contribution in [0.25, 0.3) is 0 Å². The first-order chi connectivity index (χ1) is 7.67. The molecule has 0 spiro atoms. The molecule has 3 nitrogen and oxygen atoms in total. The predicted molar refractivity (Wildman–Crippen MR) is 68.3 cm³/mol. The van der Waals surface area contributed by atoms with Gasteiger partial charge >= 0.3 is 0 Å². The maximum absolute atomic E-state index is 11.7. The standard InChI is InChI=1S/C12H17BrN2O/c1-3-9(4-2)8-14-12(16)10-6-5-7-11(13)15-10/h5-7,9H,3-4,8H2,1-2H3,(H,14,16). The molecule has 0 saturated heterocycles. The molecule has 1 N–H and O–H groups in total. The Kier molecular flexibility index (Phi) is 5.46. The summed E-state index contributed by atoms with van der Waals surface area (Å²) in [7, 11) is 0. The second kappa shape index (κ2) is 6.63. The number of hydrogen-bond donors (Lipinski definition) is 1. The number of amides is 1. The fourth-order valence-electron chi connectivity index (χ4n) is 1.44. The van der Waals surface area contributed by atoms with Crippen LogP contribution < -0.4 is 5.32 Å². The van der Waals surface area contributed by atoms with Crippen molar-refractivity contribution in [3.8, 4) is 0 Å². The maximum atomic E-state index is 11.7. The van der Waals surface area contributed by atoms with Crippen molar-refractivity contribution in [1.29, 1.82) is 0 Å². The minimum atomic E-state index is -0.104. The summed E-state index contributed by atoms with van der Waals surface area (Å²) in [5.41, 5.74) is 0.459. The lowest BCUT2D eigenvalue weighted by atomic mass is 10.0. The fourth-order valence-corrected chi connectivity index (χ4v) is 1.78. The maximum Gasteiger partial charge on any atom is 0.269 e. The van der Waals surface area contributed by atoms with Crippen LogP contribution in [0.2, 0.25) is 0 Å². The Morgan fingerprint density at radius 2 is 2.12 bits per heavy atom. The van der Waals surface area contributed by atoms with Crippen molar-refractivity contribution in [3.63, 3.8) is 0 Å². The zero-order chi connectivity index (χ0) is 12.0. The molecular weight excluding hydrogens is 268 g/mol. The monoisotopic (exact) mass is 284 g/mol. The van der Waals surface area contributed by atoms with Gasteiger partial charge < -0.3 is 5.32 Å². The molecule has 0 unspecified atom stereocenters. The normalized spacial score (nSPS) is 10.5. The molecule has 0 bridgehead atoms. The van der Waals surface area contributed by atoms with E-state index in [0.717, 1.165) is 19.4 Å². The summed E-state index contributed by atoms with van der Waals surface area (Å²) in [6.07, 6.45) is 2.17. The van der Waals surface area contributed by atoms with Gasteiger partial charge in [-0.3, -0.25) is 4.79 Å². The van der Waals surface area contributed by atoms with Crippen molar-refractivity contribution < 1.29 is 4.79 Å². The topological polar surface area (TPSA) is 42.0 Å². The molecule has 0 aliphatic heterocycles. The molecule has 0 saturated carbocycles. The minimum absolute atomic E-state index is 0.104. The van der Waals surface area contributed by atoms with E-state index in [0.29, 0.717) is 16.2 Å². The van der Waals surface area contributed by atoms with Crippen LogP contribution in [0.1, 0.15) is 37.2 Å². The van der Waals surface area contributed by atoms with E-state index in [1.54, 1.807) is 12.1 Å². The van der Waals surface area contributed by atoms with Gasteiger partial charge in [-0.25, -0.2) is 4.98 Å². The van der Waals surface area contributed by atoms with E-state index in [-0.39, 0.29) is 5.91 Å². The number of nitrogens with one attached hydrogen (secondary N) is 1. The van der Waals surface area contributed by atoms with E-state index in [9.17, 15) is 4.79 Å². The molecule has 0 radical (unpaired) electrons. The van der Waals surface area contributed by atoms with E-state index in [4.69, 9.17) is 0 Å². The van der Waals surface area contributed by atoms with Crippen LogP contribution in [-0.2, 0) is 0 Å². The molecule has 1 heterocycles. The molecule has 1 rings (SSSR count). The summed E-state index contributed by atoms with van der Waals surface area (Å²) in [4.78, 5) is 15.8. The second-order valence-electron chi connectivity index (χ2n) is 3.74. The van der Waals surface area contributed by atoms with Gasteiger partial charge in [0.05, 0.1) is 0 Å². The SMILES string of the molecule is CCC(CC)CNC(=O)c1cccc(Br)n1. The van der Waals surface area contributed by atoms with Gasteiger partial charge in [-0.05, 0) is 34.0 Å². The van der Waals surface area contributed by atoms with Gasteiger partial charge in [0.2, 0.25) is 0 Å². The van der Waals surface area contributed by atoms with Gasteiger partial charge in [0.25, 0.3) is 5.91 Å². The molecule has 0 atom stereocenters. The molecule has 0 fully saturated rings. The number of hydrogen-bond acceptors (Lipinski definition) is 2. The van der Waals surface area contributed by atoms with Crippen LogP contribution in [0, 0.1) is 5.92 Å². The second-order valence-corrected chi connectivity index (χ2v) is 4.55. The summed E-state index contributed by atoms with van der Waals surface area (Å²) >= 11 is 3.25. The van der Waals surface area contributed by atoms with Crippen LogP contribution in [0.4, 0.5) is 0 Å². The summed E-state index contributed by atoms with van der Waals surface area (Å²) < 4.78 is 0.683. The van der Waals surface area contributed by atoms with Crippen LogP contribution in [-0.4, -0.2) is 17.4 Å². The highest BCUT2D eigenvalue weighted by Crippen LogP contribution is 2.08. The van der Waals surface area contributed by atoms with Crippen molar-refractivity contribution in [2.24, 2.45) is 5.92 Å². The highest BCUT2D eigenvalue weighted by Gasteiger charge is 2.09. The van der Waals surface area contributed by atoms with E-state index in [1.165, 1.54) is 0 Å². The summed E-state index contributed by atoms with van der Waals surface area (Å²) in [5, 5.41) is 2.91. The Morgan fingerprint density at radius 3 is 2.69 bits per heavy atom. The summed E-state index contributed by atoms with van der Waals surface area (Å²) in [6.45, 7) is 5.00. The van der Waals surface area contributed by atoms with Gasteiger partial charge in [-0.15, -0.1) is 0 Å². The van der Waals surface area contributed by atoms with E-state index in [1.807, 2.05) is 6.07 Å². The molecule has 1 aromatic rings. The average molecular weight is 285 g/mol. The Morgan fingerprint density at radius 1 is 1.44 bits per heavy atom. The lowest BCUT2D eigenvalue weighted by molar-refractivity contribution is 0.0941. The van der Waals surface area contributed by atoms with E-state index >= 15 is 0 Å². The highest BCUT2D eigenvalue weighted by atomic mass is 79.9. The molecular formula is C12H17BrN2O. The zero-order valence-electron chi connectivity index (χ0n) is 9.66. The number of rotatable bonds is 5. The Bertz CT molecular complexity index is 351. The smallest absolute Gasteiger partial charge is 0.269 e. The van der Waals surface area contributed by atoms with Gasteiger partial charge in [0, 0.05) is 6.54 Å².